The fraction of sp³-hybridized carbons (Fsp3) is 0.0417. The third-order valence-electron chi connectivity index (χ3n) is 11.0. The van der Waals surface area contributed by atoms with Crippen molar-refractivity contribution < 1.29 is 0 Å². The summed E-state index contributed by atoms with van der Waals surface area (Å²) in [6, 6.07) is 59.2. The van der Waals surface area contributed by atoms with E-state index in [4.69, 9.17) is 0 Å². The lowest BCUT2D eigenvalue weighted by molar-refractivity contribution is 1.21. The predicted octanol–water partition coefficient (Wildman–Crippen LogP) is 13.0. The van der Waals surface area contributed by atoms with Gasteiger partial charge in [-0.15, -0.1) is 0 Å². The molecule has 11 aromatic rings. The summed E-state index contributed by atoms with van der Waals surface area (Å²) in [5.41, 5.74) is 5.55. The average molecular weight is 607 g/mol. The zero-order valence-corrected chi connectivity index (χ0v) is 26.4. The fourth-order valence-electron chi connectivity index (χ4n) is 9.03. The Labute approximate surface area is 278 Å². The lowest BCUT2D eigenvalue weighted by Crippen LogP contribution is -1.98. The minimum atomic E-state index is 0.883. The maximum atomic E-state index is 2.56. The van der Waals surface area contributed by atoms with Crippen LogP contribution in [0.5, 0.6) is 0 Å². The van der Waals surface area contributed by atoms with Crippen LogP contribution in [0, 0.1) is 0 Å². The SMILES string of the molecule is c1ccc(Cc2c3cc4c(cc3c(Cc3ccccc3)c3c5cccc6cccc(c23)c65)c2cc3ccccc3c3cccc4c32)cc1. The molecular weight excluding hydrogens is 577 g/mol. The van der Waals surface area contributed by atoms with E-state index in [2.05, 4.69) is 158 Å². The minimum absolute atomic E-state index is 0.883. The van der Waals surface area contributed by atoms with Crippen LogP contribution in [0.2, 0.25) is 0 Å². The summed E-state index contributed by atoms with van der Waals surface area (Å²) in [7, 11) is 0. The molecular formula is C48H30. The Kier molecular flexibility index (Phi) is 5.32. The maximum absolute atomic E-state index is 2.56. The molecule has 0 aliphatic rings. The van der Waals surface area contributed by atoms with Crippen LogP contribution in [0.15, 0.2) is 158 Å². The van der Waals surface area contributed by atoms with Gasteiger partial charge in [0.1, 0.15) is 0 Å². The van der Waals surface area contributed by atoms with Gasteiger partial charge in [-0.1, -0.05) is 140 Å². The van der Waals surface area contributed by atoms with E-state index in [0.29, 0.717) is 0 Å². The molecule has 0 aliphatic heterocycles. The minimum Gasteiger partial charge on any atom is -0.0622 e. The summed E-state index contributed by atoms with van der Waals surface area (Å²) in [5.74, 6) is 0. The zero-order chi connectivity index (χ0) is 31.3. The summed E-state index contributed by atoms with van der Waals surface area (Å²) in [6.45, 7) is 0. The van der Waals surface area contributed by atoms with E-state index in [1.54, 1.807) is 0 Å². The second-order valence-electron chi connectivity index (χ2n) is 13.6. The molecule has 0 aliphatic carbocycles. The number of hydrogen-bond acceptors (Lipinski definition) is 0. The Morgan fingerprint density at radius 1 is 0.250 bits per heavy atom. The molecule has 0 nitrogen and oxygen atoms in total. The predicted molar refractivity (Wildman–Crippen MR) is 207 cm³/mol. The summed E-state index contributed by atoms with van der Waals surface area (Å²) in [4.78, 5) is 0. The lowest BCUT2D eigenvalue weighted by atomic mass is 9.86. The molecule has 48 heavy (non-hydrogen) atoms. The van der Waals surface area contributed by atoms with Gasteiger partial charge >= 0.3 is 0 Å². The van der Waals surface area contributed by atoms with Crippen molar-refractivity contribution in [2.75, 3.05) is 0 Å². The van der Waals surface area contributed by atoms with Gasteiger partial charge in [0.05, 0.1) is 0 Å². The van der Waals surface area contributed by atoms with Crippen molar-refractivity contribution >= 4 is 86.2 Å². The Balaban J connectivity index is 1.39. The quantitative estimate of drug-likeness (QED) is 0.175. The van der Waals surface area contributed by atoms with Crippen LogP contribution in [0.4, 0.5) is 0 Å². The summed E-state index contributed by atoms with van der Waals surface area (Å²) in [6.07, 6.45) is 1.77. The second kappa shape index (κ2) is 9.77. The average Bonchev–Trinajstić information content (AvgIpc) is 3.64. The highest BCUT2D eigenvalue weighted by atomic mass is 14.3. The van der Waals surface area contributed by atoms with E-state index in [-0.39, 0.29) is 0 Å². The molecule has 11 rings (SSSR count). The topological polar surface area (TPSA) is 0 Å². The molecule has 0 saturated carbocycles. The monoisotopic (exact) mass is 606 g/mol. The first-order valence-corrected chi connectivity index (χ1v) is 17.0. The van der Waals surface area contributed by atoms with E-state index in [1.807, 2.05) is 0 Å². The van der Waals surface area contributed by atoms with Crippen LogP contribution in [0.25, 0.3) is 86.2 Å². The van der Waals surface area contributed by atoms with Crippen LogP contribution < -0.4 is 0 Å². The summed E-state index contributed by atoms with van der Waals surface area (Å²) in [5, 5.41) is 21.8. The van der Waals surface area contributed by atoms with Crippen molar-refractivity contribution in [1.29, 1.82) is 0 Å². The van der Waals surface area contributed by atoms with E-state index >= 15 is 0 Å². The molecule has 0 fully saturated rings. The van der Waals surface area contributed by atoms with Crippen molar-refractivity contribution in [2.24, 2.45) is 0 Å². The zero-order valence-electron chi connectivity index (χ0n) is 26.4. The molecule has 0 unspecified atom stereocenters. The molecule has 0 bridgehead atoms. The molecule has 0 saturated heterocycles. The Hall–Kier alpha value is -5.98. The van der Waals surface area contributed by atoms with Gasteiger partial charge in [-0.05, 0) is 139 Å². The van der Waals surface area contributed by atoms with Gasteiger partial charge in [0.25, 0.3) is 0 Å². The number of rotatable bonds is 4. The third kappa shape index (κ3) is 3.55. The van der Waals surface area contributed by atoms with Gasteiger partial charge in [0, 0.05) is 0 Å². The Morgan fingerprint density at radius 2 is 0.708 bits per heavy atom. The number of benzene rings is 9. The highest BCUT2D eigenvalue weighted by molar-refractivity contribution is 6.38. The van der Waals surface area contributed by atoms with Crippen molar-refractivity contribution in [3.8, 4) is 0 Å². The van der Waals surface area contributed by atoms with Crippen LogP contribution in [0.1, 0.15) is 22.3 Å². The molecule has 0 radical (unpaired) electrons. The van der Waals surface area contributed by atoms with E-state index in [9.17, 15) is 0 Å². The number of fused-ring (bicyclic) bond motifs is 9. The molecule has 0 spiro atoms. The maximum Gasteiger partial charge on any atom is -0.00132 e. The molecule has 0 amide bonds. The normalized spacial score (nSPS) is 12.3. The first-order valence-electron chi connectivity index (χ1n) is 17.0. The Morgan fingerprint density at radius 3 is 1.33 bits per heavy atom. The highest BCUT2D eigenvalue weighted by Crippen LogP contribution is 2.49. The van der Waals surface area contributed by atoms with Crippen molar-refractivity contribution in [2.45, 2.75) is 12.8 Å². The van der Waals surface area contributed by atoms with E-state index in [1.165, 1.54) is 108 Å². The van der Waals surface area contributed by atoms with Gasteiger partial charge in [-0.2, -0.15) is 0 Å². The van der Waals surface area contributed by atoms with Crippen molar-refractivity contribution in [1.82, 2.24) is 0 Å². The molecule has 0 aromatic heterocycles. The van der Waals surface area contributed by atoms with Gasteiger partial charge in [-0.25, -0.2) is 0 Å². The molecule has 0 atom stereocenters. The molecule has 11 aromatic carbocycles. The summed E-state index contributed by atoms with van der Waals surface area (Å²) < 4.78 is 0. The molecule has 0 N–H and O–H groups in total. The number of hydrogen-bond donors (Lipinski definition) is 0. The van der Waals surface area contributed by atoms with E-state index < -0.39 is 0 Å². The van der Waals surface area contributed by atoms with Crippen molar-refractivity contribution in [3.05, 3.63) is 180 Å². The second-order valence-corrected chi connectivity index (χ2v) is 13.6. The lowest BCUT2D eigenvalue weighted by Gasteiger charge is -2.17. The van der Waals surface area contributed by atoms with Gasteiger partial charge < -0.3 is 0 Å². The molecule has 222 valence electrons. The first-order chi connectivity index (χ1) is 23.8. The molecule has 0 heterocycles. The van der Waals surface area contributed by atoms with Crippen LogP contribution in [-0.4, -0.2) is 0 Å². The van der Waals surface area contributed by atoms with Crippen LogP contribution >= 0.6 is 0 Å². The smallest absolute Gasteiger partial charge is 0.00132 e. The summed E-state index contributed by atoms with van der Waals surface area (Å²) >= 11 is 0. The fourth-order valence-corrected chi connectivity index (χ4v) is 9.03. The largest absolute Gasteiger partial charge is 0.0622 e. The van der Waals surface area contributed by atoms with Crippen LogP contribution in [-0.2, 0) is 12.8 Å². The van der Waals surface area contributed by atoms with Crippen LogP contribution in [0.3, 0.4) is 0 Å². The Bertz CT molecular complexity index is 3020. The highest BCUT2D eigenvalue weighted by Gasteiger charge is 2.24. The van der Waals surface area contributed by atoms with Gasteiger partial charge in [-0.3, -0.25) is 0 Å². The molecule has 0 heteroatoms. The third-order valence-corrected chi connectivity index (χ3v) is 11.0. The van der Waals surface area contributed by atoms with E-state index in [0.717, 1.165) is 12.8 Å². The standard InChI is InChI=1S/C48H30/c1-3-12-29(13-4-1)24-42-40-27-38-35-21-11-20-34-33-19-8-7-16-32(33)26-44(46(34)35)39(38)28-41(40)43(25-30-14-5-2-6-15-30)48-37-23-10-18-31-17-9-22-36(45(31)37)47(42)48/h1-23,26-28H,24-25H2. The van der Waals surface area contributed by atoms with Gasteiger partial charge in [0.15, 0.2) is 0 Å². The van der Waals surface area contributed by atoms with Crippen molar-refractivity contribution in [3.63, 3.8) is 0 Å². The first kappa shape index (κ1) is 26.1. The van der Waals surface area contributed by atoms with Gasteiger partial charge in [0.2, 0.25) is 0 Å².